The standard InChI is InChI=1S/C19H17N7O/c1-26-11-10-20-18(26)16(13-6-3-2-4-7-13)21-19(27)15-9-5-8-14(12-15)17-22-24-25-23-17/h2-12,16H,1H3,(H,21,27)(H,22,23,24,25). The molecule has 4 rings (SSSR count). The first kappa shape index (κ1) is 16.6. The van der Waals surface area contributed by atoms with Crippen molar-refractivity contribution in [3.63, 3.8) is 0 Å². The molecule has 0 saturated heterocycles. The van der Waals surface area contributed by atoms with E-state index in [9.17, 15) is 4.79 Å². The quantitative estimate of drug-likeness (QED) is 0.568. The van der Waals surface area contributed by atoms with Gasteiger partial charge in [0, 0.05) is 30.6 Å². The van der Waals surface area contributed by atoms with Gasteiger partial charge in [-0.2, -0.15) is 5.21 Å². The molecular formula is C19H17N7O. The summed E-state index contributed by atoms with van der Waals surface area (Å²) in [4.78, 5) is 17.4. The van der Waals surface area contributed by atoms with E-state index >= 15 is 0 Å². The largest absolute Gasteiger partial charge is 0.338 e. The van der Waals surface area contributed by atoms with Crippen LogP contribution in [-0.2, 0) is 7.05 Å². The summed E-state index contributed by atoms with van der Waals surface area (Å²) in [5.41, 5.74) is 2.17. The van der Waals surface area contributed by atoms with Crippen molar-refractivity contribution in [2.24, 2.45) is 7.05 Å². The molecule has 0 aliphatic rings. The minimum absolute atomic E-state index is 0.211. The number of hydrogen-bond donors (Lipinski definition) is 2. The maximum Gasteiger partial charge on any atom is 0.252 e. The lowest BCUT2D eigenvalue weighted by atomic mass is 10.0. The van der Waals surface area contributed by atoms with Crippen molar-refractivity contribution >= 4 is 5.91 Å². The van der Waals surface area contributed by atoms with Gasteiger partial charge >= 0.3 is 0 Å². The van der Waals surface area contributed by atoms with Gasteiger partial charge in [0.15, 0.2) is 0 Å². The fourth-order valence-corrected chi connectivity index (χ4v) is 2.90. The minimum Gasteiger partial charge on any atom is -0.338 e. The Morgan fingerprint density at radius 2 is 2.00 bits per heavy atom. The fraction of sp³-hybridized carbons (Fsp3) is 0.105. The zero-order chi connectivity index (χ0) is 18.6. The van der Waals surface area contributed by atoms with Crippen LogP contribution < -0.4 is 5.32 Å². The van der Waals surface area contributed by atoms with Crippen LogP contribution in [-0.4, -0.2) is 36.1 Å². The number of hydrogen-bond acceptors (Lipinski definition) is 5. The number of amides is 1. The molecule has 0 radical (unpaired) electrons. The van der Waals surface area contributed by atoms with Crippen molar-refractivity contribution in [3.05, 3.63) is 83.9 Å². The average molecular weight is 359 g/mol. The van der Waals surface area contributed by atoms with E-state index in [-0.39, 0.29) is 11.9 Å². The molecule has 8 heteroatoms. The maximum absolute atomic E-state index is 12.9. The van der Waals surface area contributed by atoms with Crippen LogP contribution in [0.15, 0.2) is 67.0 Å². The second-order valence-electron chi connectivity index (χ2n) is 6.03. The molecule has 0 fully saturated rings. The predicted molar refractivity (Wildman–Crippen MR) is 98.6 cm³/mol. The highest BCUT2D eigenvalue weighted by Gasteiger charge is 2.21. The number of aromatic nitrogens is 6. The Morgan fingerprint density at radius 3 is 2.70 bits per heavy atom. The van der Waals surface area contributed by atoms with E-state index in [1.54, 1.807) is 24.4 Å². The van der Waals surface area contributed by atoms with Crippen molar-refractivity contribution < 1.29 is 4.79 Å². The van der Waals surface area contributed by atoms with Crippen molar-refractivity contribution in [2.75, 3.05) is 0 Å². The van der Waals surface area contributed by atoms with E-state index in [4.69, 9.17) is 0 Å². The number of aryl methyl sites for hydroxylation is 1. The van der Waals surface area contributed by atoms with Gasteiger partial charge in [-0.1, -0.05) is 42.5 Å². The van der Waals surface area contributed by atoms with Crippen molar-refractivity contribution in [2.45, 2.75) is 6.04 Å². The minimum atomic E-state index is -0.368. The normalized spacial score (nSPS) is 11.9. The maximum atomic E-state index is 12.9. The van der Waals surface area contributed by atoms with Gasteiger partial charge in [0.05, 0.1) is 0 Å². The molecule has 0 bridgehead atoms. The smallest absolute Gasteiger partial charge is 0.252 e. The molecule has 0 aliphatic heterocycles. The third-order valence-corrected chi connectivity index (χ3v) is 4.25. The van der Waals surface area contributed by atoms with Gasteiger partial charge in [-0.25, -0.2) is 4.98 Å². The molecule has 2 aromatic carbocycles. The highest BCUT2D eigenvalue weighted by Crippen LogP contribution is 2.22. The van der Waals surface area contributed by atoms with Crippen LogP contribution in [0.4, 0.5) is 0 Å². The summed E-state index contributed by atoms with van der Waals surface area (Å²) in [7, 11) is 1.90. The Kier molecular flexibility index (Phi) is 4.44. The number of tetrazole rings is 1. The lowest BCUT2D eigenvalue weighted by molar-refractivity contribution is 0.0941. The zero-order valence-corrected chi connectivity index (χ0v) is 14.6. The molecule has 0 aliphatic carbocycles. The molecular weight excluding hydrogens is 342 g/mol. The number of nitrogens with zero attached hydrogens (tertiary/aromatic N) is 5. The van der Waals surface area contributed by atoms with Crippen LogP contribution >= 0.6 is 0 Å². The van der Waals surface area contributed by atoms with E-state index in [2.05, 4.69) is 30.9 Å². The summed E-state index contributed by atoms with van der Waals surface area (Å²) in [6.07, 6.45) is 3.57. The lowest BCUT2D eigenvalue weighted by Crippen LogP contribution is -2.31. The van der Waals surface area contributed by atoms with E-state index in [0.29, 0.717) is 17.0 Å². The van der Waals surface area contributed by atoms with Crippen LogP contribution in [0.2, 0.25) is 0 Å². The fourth-order valence-electron chi connectivity index (χ4n) is 2.90. The summed E-state index contributed by atoms with van der Waals surface area (Å²) in [6, 6.07) is 16.5. The van der Waals surface area contributed by atoms with Gasteiger partial charge in [-0.05, 0) is 22.9 Å². The Balaban J connectivity index is 1.65. The van der Waals surface area contributed by atoms with Crippen LogP contribution in [0.5, 0.6) is 0 Å². The third kappa shape index (κ3) is 3.45. The van der Waals surface area contributed by atoms with Gasteiger partial charge in [0.2, 0.25) is 5.82 Å². The number of carbonyl (C=O) groups excluding carboxylic acids is 1. The van der Waals surface area contributed by atoms with E-state index in [1.165, 1.54) is 0 Å². The van der Waals surface area contributed by atoms with Crippen molar-refractivity contribution in [3.8, 4) is 11.4 Å². The number of nitrogens with one attached hydrogen (secondary N) is 2. The number of rotatable bonds is 5. The van der Waals surface area contributed by atoms with E-state index < -0.39 is 0 Å². The molecule has 0 saturated carbocycles. The summed E-state index contributed by atoms with van der Waals surface area (Å²) >= 11 is 0. The van der Waals surface area contributed by atoms with Gasteiger partial charge < -0.3 is 9.88 Å². The lowest BCUT2D eigenvalue weighted by Gasteiger charge is -2.19. The molecule has 1 amide bonds. The van der Waals surface area contributed by atoms with Crippen LogP contribution in [0, 0.1) is 0 Å². The first-order valence-corrected chi connectivity index (χ1v) is 8.39. The van der Waals surface area contributed by atoms with Crippen LogP contribution in [0.25, 0.3) is 11.4 Å². The van der Waals surface area contributed by atoms with Crippen molar-refractivity contribution in [1.29, 1.82) is 0 Å². The van der Waals surface area contributed by atoms with E-state index in [1.807, 2.05) is 54.2 Å². The number of aromatic amines is 1. The molecule has 2 aromatic heterocycles. The van der Waals surface area contributed by atoms with Crippen LogP contribution in [0.3, 0.4) is 0 Å². The molecule has 27 heavy (non-hydrogen) atoms. The first-order chi connectivity index (χ1) is 13.2. The second kappa shape index (κ2) is 7.20. The van der Waals surface area contributed by atoms with E-state index in [0.717, 1.165) is 11.4 Å². The Hall–Kier alpha value is -3.81. The van der Waals surface area contributed by atoms with Gasteiger partial charge in [-0.3, -0.25) is 4.79 Å². The monoisotopic (exact) mass is 359 g/mol. The Morgan fingerprint density at radius 1 is 1.15 bits per heavy atom. The zero-order valence-electron chi connectivity index (χ0n) is 14.6. The number of carbonyl (C=O) groups is 1. The van der Waals surface area contributed by atoms with Crippen molar-refractivity contribution in [1.82, 2.24) is 35.5 Å². The highest BCUT2D eigenvalue weighted by molar-refractivity contribution is 5.95. The molecule has 8 nitrogen and oxygen atoms in total. The highest BCUT2D eigenvalue weighted by atomic mass is 16.1. The van der Waals surface area contributed by atoms with Gasteiger partial charge in [0.25, 0.3) is 5.91 Å². The van der Waals surface area contributed by atoms with Crippen LogP contribution in [0.1, 0.15) is 27.8 Å². The summed E-state index contributed by atoms with van der Waals surface area (Å²) in [5.74, 6) is 0.981. The molecule has 1 atom stereocenters. The molecule has 2 N–H and O–H groups in total. The summed E-state index contributed by atoms with van der Waals surface area (Å²) < 4.78 is 1.90. The average Bonchev–Trinajstić information content (AvgIpc) is 3.39. The molecule has 2 heterocycles. The summed E-state index contributed by atoms with van der Waals surface area (Å²) in [5, 5.41) is 17.0. The molecule has 4 aromatic rings. The number of imidazole rings is 1. The molecule has 134 valence electrons. The number of benzene rings is 2. The SMILES string of the molecule is Cn1ccnc1C(NC(=O)c1cccc(-c2nn[nH]n2)c1)c1ccccc1. The third-order valence-electron chi connectivity index (χ3n) is 4.25. The second-order valence-corrected chi connectivity index (χ2v) is 6.03. The van der Waals surface area contributed by atoms with Gasteiger partial charge in [-0.15, -0.1) is 10.2 Å². The Bertz CT molecular complexity index is 1040. The molecule has 1 unspecified atom stereocenters. The topological polar surface area (TPSA) is 101 Å². The van der Waals surface area contributed by atoms with Gasteiger partial charge in [0.1, 0.15) is 11.9 Å². The predicted octanol–water partition coefficient (Wildman–Crippen LogP) is 2.12. The summed E-state index contributed by atoms with van der Waals surface area (Å²) in [6.45, 7) is 0. The first-order valence-electron chi connectivity index (χ1n) is 8.39. The Labute approximate surface area is 155 Å². The molecule has 0 spiro atoms. The number of H-pyrrole nitrogens is 1.